The summed E-state index contributed by atoms with van der Waals surface area (Å²) in [5, 5.41) is 0. The van der Waals surface area contributed by atoms with E-state index in [9.17, 15) is 13.6 Å². The van der Waals surface area contributed by atoms with Gasteiger partial charge in [-0.1, -0.05) is 0 Å². The summed E-state index contributed by atoms with van der Waals surface area (Å²) in [7, 11) is 1.27. The van der Waals surface area contributed by atoms with E-state index in [2.05, 4.69) is 9.72 Å². The van der Waals surface area contributed by atoms with Gasteiger partial charge in [0.15, 0.2) is 0 Å². The van der Waals surface area contributed by atoms with Gasteiger partial charge in [-0.05, 0) is 22.6 Å². The lowest BCUT2D eigenvalue weighted by molar-refractivity contribution is 0.145. The summed E-state index contributed by atoms with van der Waals surface area (Å²) in [6, 6.07) is 0. The fraction of sp³-hybridized carbons (Fsp3) is 0.286. The van der Waals surface area contributed by atoms with Crippen molar-refractivity contribution in [2.75, 3.05) is 7.11 Å². The van der Waals surface area contributed by atoms with Crippen LogP contribution in [-0.4, -0.2) is 12.1 Å². The molecule has 0 aliphatic rings. The molecule has 72 valence electrons. The summed E-state index contributed by atoms with van der Waals surface area (Å²) in [5.41, 5.74) is -0.886. The van der Waals surface area contributed by atoms with Crippen LogP contribution >= 0.6 is 22.6 Å². The lowest BCUT2D eigenvalue weighted by atomic mass is 10.2. The van der Waals surface area contributed by atoms with Crippen LogP contribution < -0.4 is 10.3 Å². The van der Waals surface area contributed by atoms with Crippen molar-refractivity contribution in [3.05, 3.63) is 25.7 Å². The van der Waals surface area contributed by atoms with Crippen LogP contribution in [0.25, 0.3) is 0 Å². The third kappa shape index (κ3) is 1.98. The fourth-order valence-electron chi connectivity index (χ4n) is 0.875. The molecule has 1 aromatic heterocycles. The quantitative estimate of drug-likeness (QED) is 0.848. The van der Waals surface area contributed by atoms with Crippen LogP contribution in [-0.2, 0) is 0 Å². The number of methoxy groups -OCH3 is 1. The normalized spacial score (nSPS) is 10.5. The number of hydrogen-bond acceptors (Lipinski definition) is 2. The number of hydrogen-bond donors (Lipinski definition) is 1. The summed E-state index contributed by atoms with van der Waals surface area (Å²) in [5.74, 6) is -0.000926. The highest BCUT2D eigenvalue weighted by Crippen LogP contribution is 2.30. The summed E-state index contributed by atoms with van der Waals surface area (Å²) in [4.78, 5) is 13.3. The molecule has 0 aromatic carbocycles. The van der Waals surface area contributed by atoms with Crippen LogP contribution in [0.1, 0.15) is 12.0 Å². The van der Waals surface area contributed by atoms with Gasteiger partial charge < -0.3 is 9.72 Å². The second-order valence-electron chi connectivity index (χ2n) is 2.21. The van der Waals surface area contributed by atoms with Gasteiger partial charge in [-0.2, -0.15) is 0 Å². The molecule has 0 aliphatic carbocycles. The Morgan fingerprint density at radius 3 is 2.69 bits per heavy atom. The van der Waals surface area contributed by atoms with Crippen molar-refractivity contribution in [1.29, 1.82) is 0 Å². The topological polar surface area (TPSA) is 42.1 Å². The summed E-state index contributed by atoms with van der Waals surface area (Å²) in [6.07, 6.45) is -1.57. The van der Waals surface area contributed by atoms with E-state index < -0.39 is 12.0 Å². The number of alkyl halides is 2. The minimum absolute atomic E-state index is 0.000926. The molecular formula is C7H6F2INO2. The molecule has 0 unspecified atom stereocenters. The minimum Gasteiger partial charge on any atom is -0.495 e. The summed E-state index contributed by atoms with van der Waals surface area (Å²) >= 11 is 1.57. The van der Waals surface area contributed by atoms with E-state index in [0.29, 0.717) is 0 Å². The van der Waals surface area contributed by atoms with Gasteiger partial charge in [-0.25, -0.2) is 8.78 Å². The number of aromatic amines is 1. The smallest absolute Gasteiger partial charge is 0.268 e. The van der Waals surface area contributed by atoms with Gasteiger partial charge in [0.1, 0.15) is 5.75 Å². The number of aromatic nitrogens is 1. The minimum atomic E-state index is -2.70. The second kappa shape index (κ2) is 4.03. The van der Waals surface area contributed by atoms with Gasteiger partial charge in [-0.15, -0.1) is 0 Å². The van der Waals surface area contributed by atoms with Crippen LogP contribution in [0.5, 0.6) is 5.75 Å². The van der Waals surface area contributed by atoms with Crippen LogP contribution in [0.4, 0.5) is 8.78 Å². The van der Waals surface area contributed by atoms with Crippen molar-refractivity contribution in [1.82, 2.24) is 4.98 Å². The molecule has 1 rings (SSSR count). The molecule has 0 radical (unpaired) electrons. The Balaban J connectivity index is 3.41. The third-order valence-electron chi connectivity index (χ3n) is 1.47. The molecular weight excluding hydrogens is 295 g/mol. The van der Waals surface area contributed by atoms with Gasteiger partial charge in [0, 0.05) is 6.20 Å². The molecule has 0 saturated carbocycles. The highest BCUT2D eigenvalue weighted by molar-refractivity contribution is 14.1. The Hall–Kier alpha value is -0.660. The maximum atomic E-state index is 12.4. The van der Waals surface area contributed by atoms with Crippen molar-refractivity contribution in [2.45, 2.75) is 6.43 Å². The number of H-pyrrole nitrogens is 1. The van der Waals surface area contributed by atoms with E-state index in [0.717, 1.165) is 6.20 Å². The molecule has 1 aromatic rings. The first kappa shape index (κ1) is 10.4. The molecule has 0 amide bonds. The van der Waals surface area contributed by atoms with Crippen molar-refractivity contribution in [3.8, 4) is 5.75 Å². The number of halogens is 3. The molecule has 13 heavy (non-hydrogen) atoms. The molecule has 1 heterocycles. The maximum absolute atomic E-state index is 12.4. The number of ether oxygens (including phenoxy) is 1. The van der Waals surface area contributed by atoms with Gasteiger partial charge >= 0.3 is 0 Å². The van der Waals surface area contributed by atoms with Crippen molar-refractivity contribution >= 4 is 22.6 Å². The standard InChI is InChI=1S/C7H6F2INO2/c1-13-3-2-11-7(12)5(10)4(3)6(8)9/h2,6H,1H3,(H,11,12). The molecule has 0 fully saturated rings. The first-order chi connectivity index (χ1) is 6.07. The first-order valence-electron chi connectivity index (χ1n) is 3.31. The predicted octanol–water partition coefficient (Wildman–Crippen LogP) is 1.93. The number of rotatable bonds is 2. The SMILES string of the molecule is COc1c[nH]c(=O)c(I)c1C(F)F. The van der Waals surface area contributed by atoms with E-state index in [4.69, 9.17) is 0 Å². The van der Waals surface area contributed by atoms with Crippen molar-refractivity contribution in [3.63, 3.8) is 0 Å². The highest BCUT2D eigenvalue weighted by Gasteiger charge is 2.19. The summed E-state index contributed by atoms with van der Waals surface area (Å²) in [6.45, 7) is 0. The first-order valence-corrected chi connectivity index (χ1v) is 4.39. The predicted molar refractivity (Wildman–Crippen MR) is 51.3 cm³/mol. The zero-order valence-electron chi connectivity index (χ0n) is 6.61. The van der Waals surface area contributed by atoms with E-state index in [-0.39, 0.29) is 14.9 Å². The lowest BCUT2D eigenvalue weighted by Gasteiger charge is -2.07. The van der Waals surface area contributed by atoms with Crippen LogP contribution in [0.2, 0.25) is 0 Å². The Morgan fingerprint density at radius 1 is 1.62 bits per heavy atom. The lowest BCUT2D eigenvalue weighted by Crippen LogP contribution is -2.13. The van der Waals surface area contributed by atoms with Crippen molar-refractivity contribution in [2.24, 2.45) is 0 Å². The van der Waals surface area contributed by atoms with E-state index in [1.807, 2.05) is 0 Å². The molecule has 0 spiro atoms. The van der Waals surface area contributed by atoms with Crippen LogP contribution in [0, 0.1) is 3.57 Å². The Bertz CT molecular complexity index is 364. The van der Waals surface area contributed by atoms with Gasteiger partial charge in [0.25, 0.3) is 12.0 Å². The second-order valence-corrected chi connectivity index (χ2v) is 3.29. The molecule has 1 N–H and O–H groups in total. The van der Waals surface area contributed by atoms with E-state index in [1.54, 1.807) is 22.6 Å². The van der Waals surface area contributed by atoms with Gasteiger partial charge in [0.2, 0.25) is 0 Å². The Labute approximate surface area is 86.2 Å². The van der Waals surface area contributed by atoms with Crippen LogP contribution in [0.3, 0.4) is 0 Å². The zero-order chi connectivity index (χ0) is 10.0. The molecule has 0 bridgehead atoms. The van der Waals surface area contributed by atoms with E-state index in [1.165, 1.54) is 7.11 Å². The third-order valence-corrected chi connectivity index (χ3v) is 2.54. The highest BCUT2D eigenvalue weighted by atomic mass is 127. The number of pyridine rings is 1. The zero-order valence-corrected chi connectivity index (χ0v) is 8.76. The van der Waals surface area contributed by atoms with Gasteiger partial charge in [-0.3, -0.25) is 4.79 Å². The maximum Gasteiger partial charge on any atom is 0.268 e. The summed E-state index contributed by atoms with van der Waals surface area (Å²) < 4.78 is 29.5. The van der Waals surface area contributed by atoms with Crippen LogP contribution in [0.15, 0.2) is 11.0 Å². The monoisotopic (exact) mass is 301 g/mol. The fourth-order valence-corrected chi connectivity index (χ4v) is 1.53. The largest absolute Gasteiger partial charge is 0.495 e. The van der Waals surface area contributed by atoms with Crippen molar-refractivity contribution < 1.29 is 13.5 Å². The molecule has 0 aliphatic heterocycles. The molecule has 6 heteroatoms. The molecule has 0 saturated heterocycles. The van der Waals surface area contributed by atoms with E-state index >= 15 is 0 Å². The Morgan fingerprint density at radius 2 is 2.23 bits per heavy atom. The average Bonchev–Trinajstić information content (AvgIpc) is 2.08. The molecule has 0 atom stereocenters. The molecule has 3 nitrogen and oxygen atoms in total. The van der Waals surface area contributed by atoms with Gasteiger partial charge in [0.05, 0.1) is 16.2 Å². The average molecular weight is 301 g/mol. The number of nitrogens with one attached hydrogen (secondary N) is 1. The Kier molecular flexibility index (Phi) is 3.23.